The molecule has 0 aromatic heterocycles. The largest absolute Gasteiger partial charge is 0.399 e. The minimum absolute atomic E-state index is 0.0471. The summed E-state index contributed by atoms with van der Waals surface area (Å²) in [6.07, 6.45) is 0.979. The normalized spacial score (nSPS) is 16.6. The van der Waals surface area contributed by atoms with Crippen LogP contribution >= 0.6 is 0 Å². The topological polar surface area (TPSA) is 98.5 Å². The molecule has 0 bridgehead atoms. The molecule has 0 radical (unpaired) electrons. The second kappa shape index (κ2) is 6.91. The summed E-state index contributed by atoms with van der Waals surface area (Å²) in [5, 5.41) is 2.27. The lowest BCUT2D eigenvalue weighted by atomic mass is 10.2. The Labute approximate surface area is 124 Å². The lowest BCUT2D eigenvalue weighted by Crippen LogP contribution is -2.31. The van der Waals surface area contributed by atoms with Crippen LogP contribution in [-0.2, 0) is 19.4 Å². The van der Waals surface area contributed by atoms with Gasteiger partial charge in [-0.15, -0.1) is 0 Å². The van der Waals surface area contributed by atoms with Gasteiger partial charge in [0.05, 0.1) is 11.0 Å². The molecule has 1 aromatic rings. The van der Waals surface area contributed by atoms with Crippen molar-refractivity contribution in [3.63, 3.8) is 0 Å². The number of amides is 1. The average Bonchev–Trinajstić information content (AvgIpc) is 2.46. The summed E-state index contributed by atoms with van der Waals surface area (Å²) in [5.74, 6) is -0.456. The monoisotopic (exact) mass is 312 g/mol. The van der Waals surface area contributed by atoms with Crippen LogP contribution in [0.15, 0.2) is 24.3 Å². The molecule has 0 saturated carbocycles. The fraction of sp³-hybridized carbons (Fsp3) is 0.500. The third-order valence-electron chi connectivity index (χ3n) is 3.46. The van der Waals surface area contributed by atoms with E-state index in [0.717, 1.165) is 0 Å². The van der Waals surface area contributed by atoms with E-state index < -0.39 is 9.84 Å². The quantitative estimate of drug-likeness (QED) is 0.796. The number of nitrogens with one attached hydrogen (secondary N) is 1. The van der Waals surface area contributed by atoms with Gasteiger partial charge in [0.15, 0.2) is 9.84 Å². The van der Waals surface area contributed by atoms with Crippen LogP contribution in [-0.4, -0.2) is 38.5 Å². The van der Waals surface area contributed by atoms with Gasteiger partial charge in [0.2, 0.25) is 5.91 Å². The number of nitrogen functional groups attached to an aromatic ring is 1. The van der Waals surface area contributed by atoms with E-state index in [1.165, 1.54) is 0 Å². The highest BCUT2D eigenvalue weighted by molar-refractivity contribution is 7.92. The first kappa shape index (κ1) is 15.8. The van der Waals surface area contributed by atoms with Crippen LogP contribution in [0.4, 0.5) is 11.4 Å². The van der Waals surface area contributed by atoms with E-state index in [1.807, 2.05) is 0 Å². The van der Waals surface area contributed by atoms with Crippen molar-refractivity contribution in [2.24, 2.45) is 0 Å². The molecule has 0 unspecified atom stereocenters. The molecule has 1 aliphatic heterocycles. The number of carbonyl (C=O) groups excluding carboxylic acids is 1. The van der Waals surface area contributed by atoms with E-state index in [1.54, 1.807) is 24.3 Å². The zero-order valence-corrected chi connectivity index (χ0v) is 12.6. The highest BCUT2D eigenvalue weighted by Gasteiger charge is 2.27. The molecule has 1 fully saturated rings. The minimum Gasteiger partial charge on any atom is -0.399 e. The molecular weight excluding hydrogens is 292 g/mol. The van der Waals surface area contributed by atoms with Gasteiger partial charge in [-0.2, -0.15) is 0 Å². The first-order valence-electron chi connectivity index (χ1n) is 6.92. The predicted octanol–water partition coefficient (Wildman–Crippen LogP) is 1.19. The van der Waals surface area contributed by atoms with Crippen molar-refractivity contribution in [1.82, 2.24) is 0 Å². The molecule has 1 amide bonds. The molecule has 1 saturated heterocycles. The highest BCUT2D eigenvalue weighted by Crippen LogP contribution is 2.18. The van der Waals surface area contributed by atoms with Crippen LogP contribution < -0.4 is 11.1 Å². The van der Waals surface area contributed by atoms with E-state index >= 15 is 0 Å². The number of benzene rings is 1. The van der Waals surface area contributed by atoms with Crippen LogP contribution in [0.5, 0.6) is 0 Å². The number of carbonyl (C=O) groups is 1. The van der Waals surface area contributed by atoms with Crippen molar-refractivity contribution < 1.29 is 17.9 Å². The third kappa shape index (κ3) is 4.71. The molecule has 0 spiro atoms. The number of sulfone groups is 1. The molecule has 1 aromatic carbocycles. The average molecular weight is 312 g/mol. The zero-order chi connectivity index (χ0) is 15.3. The molecule has 7 heteroatoms. The molecule has 0 atom stereocenters. The Morgan fingerprint density at radius 1 is 1.33 bits per heavy atom. The molecule has 1 heterocycles. The molecule has 116 valence electrons. The van der Waals surface area contributed by atoms with Crippen molar-refractivity contribution in [1.29, 1.82) is 0 Å². The van der Waals surface area contributed by atoms with E-state index in [-0.39, 0.29) is 23.3 Å². The minimum atomic E-state index is -3.24. The number of anilines is 2. The lowest BCUT2D eigenvalue weighted by molar-refractivity contribution is -0.115. The first-order valence-corrected chi connectivity index (χ1v) is 8.63. The van der Waals surface area contributed by atoms with E-state index in [4.69, 9.17) is 10.5 Å². The summed E-state index contributed by atoms with van der Waals surface area (Å²) < 4.78 is 29.4. The summed E-state index contributed by atoms with van der Waals surface area (Å²) in [4.78, 5) is 11.8. The lowest BCUT2D eigenvalue weighted by Gasteiger charge is -2.21. The van der Waals surface area contributed by atoms with Gasteiger partial charge in [0.25, 0.3) is 0 Å². The number of ether oxygens (including phenoxy) is 1. The Hall–Kier alpha value is -1.60. The van der Waals surface area contributed by atoms with Crippen LogP contribution in [0.2, 0.25) is 0 Å². The van der Waals surface area contributed by atoms with Gasteiger partial charge >= 0.3 is 0 Å². The van der Waals surface area contributed by atoms with Gasteiger partial charge in [-0.1, -0.05) is 6.07 Å². The van der Waals surface area contributed by atoms with Crippen LogP contribution in [0.1, 0.15) is 19.3 Å². The van der Waals surface area contributed by atoms with E-state index in [2.05, 4.69) is 5.32 Å². The molecule has 0 aliphatic carbocycles. The zero-order valence-electron chi connectivity index (χ0n) is 11.7. The van der Waals surface area contributed by atoms with Gasteiger partial charge in [-0.05, 0) is 31.0 Å². The fourth-order valence-corrected chi connectivity index (χ4v) is 3.99. The summed E-state index contributed by atoms with van der Waals surface area (Å²) in [6, 6.07) is 6.78. The number of nitrogens with two attached hydrogens (primary N) is 1. The number of rotatable bonds is 5. The van der Waals surface area contributed by atoms with Gasteiger partial charge < -0.3 is 15.8 Å². The third-order valence-corrected chi connectivity index (χ3v) is 5.72. The van der Waals surface area contributed by atoms with E-state index in [0.29, 0.717) is 37.4 Å². The smallest absolute Gasteiger partial charge is 0.225 e. The van der Waals surface area contributed by atoms with Crippen molar-refractivity contribution in [2.45, 2.75) is 24.5 Å². The predicted molar refractivity (Wildman–Crippen MR) is 81.7 cm³/mol. The maximum atomic E-state index is 12.1. The summed E-state index contributed by atoms with van der Waals surface area (Å²) in [7, 11) is -3.24. The van der Waals surface area contributed by atoms with Gasteiger partial charge in [-0.25, -0.2) is 8.42 Å². The Morgan fingerprint density at radius 2 is 2.05 bits per heavy atom. The van der Waals surface area contributed by atoms with Crippen molar-refractivity contribution in [3.8, 4) is 0 Å². The van der Waals surface area contributed by atoms with Gasteiger partial charge in [0, 0.05) is 31.0 Å². The van der Waals surface area contributed by atoms with Crippen LogP contribution in [0.3, 0.4) is 0 Å². The summed E-state index contributed by atoms with van der Waals surface area (Å²) >= 11 is 0. The number of hydrogen-bond acceptors (Lipinski definition) is 5. The second-order valence-electron chi connectivity index (χ2n) is 5.10. The van der Waals surface area contributed by atoms with E-state index in [9.17, 15) is 13.2 Å². The molecular formula is C14H20N2O4S. The fourth-order valence-electron chi connectivity index (χ4n) is 2.28. The maximum absolute atomic E-state index is 12.1. The Balaban J connectivity index is 1.85. The molecule has 6 nitrogen and oxygen atoms in total. The maximum Gasteiger partial charge on any atom is 0.225 e. The van der Waals surface area contributed by atoms with Gasteiger partial charge in [0.1, 0.15) is 0 Å². The second-order valence-corrected chi connectivity index (χ2v) is 7.50. The van der Waals surface area contributed by atoms with Crippen LogP contribution in [0.25, 0.3) is 0 Å². The van der Waals surface area contributed by atoms with Crippen LogP contribution in [0, 0.1) is 0 Å². The molecule has 2 rings (SSSR count). The summed E-state index contributed by atoms with van der Waals surface area (Å²) in [6.45, 7) is 0.943. The van der Waals surface area contributed by atoms with Crippen molar-refractivity contribution in [2.75, 3.05) is 30.0 Å². The Morgan fingerprint density at radius 3 is 2.71 bits per heavy atom. The highest BCUT2D eigenvalue weighted by atomic mass is 32.2. The Bertz CT molecular complexity index is 595. The molecule has 1 aliphatic rings. The molecule has 21 heavy (non-hydrogen) atoms. The standard InChI is InChI=1S/C14H20N2O4S/c15-11-2-1-3-12(10-11)16-14(17)6-9-21(18,19)13-4-7-20-8-5-13/h1-3,10,13H,4-9,15H2,(H,16,17). The SMILES string of the molecule is Nc1cccc(NC(=O)CCS(=O)(=O)C2CCOCC2)c1. The van der Waals surface area contributed by atoms with Crippen molar-refractivity contribution in [3.05, 3.63) is 24.3 Å². The summed E-state index contributed by atoms with van der Waals surface area (Å²) in [5.41, 5.74) is 6.73. The first-order chi connectivity index (χ1) is 9.97. The molecule has 3 N–H and O–H groups in total. The number of hydrogen-bond donors (Lipinski definition) is 2. The van der Waals surface area contributed by atoms with Gasteiger partial charge in [-0.3, -0.25) is 4.79 Å². The van der Waals surface area contributed by atoms with Crippen molar-refractivity contribution >= 4 is 27.1 Å². The Kier molecular flexibility index (Phi) is 5.19.